The molecule has 1 aliphatic heterocycles. The van der Waals surface area contributed by atoms with Crippen LogP contribution in [0.25, 0.3) is 0 Å². The Morgan fingerprint density at radius 3 is 3.05 bits per heavy atom. The Bertz CT molecular complexity index is 634. The van der Waals surface area contributed by atoms with Gasteiger partial charge in [-0.1, -0.05) is 0 Å². The molecule has 0 spiro atoms. The SMILES string of the molecule is Cc1nccc([C@H]2CN(C(=O)c3cccnn3)CCO2)n1. The maximum atomic E-state index is 12.4. The number of carbonyl (C=O) groups is 1. The minimum absolute atomic E-state index is 0.137. The van der Waals surface area contributed by atoms with Crippen molar-refractivity contribution < 1.29 is 9.53 Å². The lowest BCUT2D eigenvalue weighted by Crippen LogP contribution is -2.42. The van der Waals surface area contributed by atoms with Gasteiger partial charge in [-0.3, -0.25) is 4.79 Å². The minimum atomic E-state index is -0.235. The highest BCUT2D eigenvalue weighted by molar-refractivity contribution is 5.92. The Morgan fingerprint density at radius 2 is 2.29 bits per heavy atom. The number of hydrogen-bond acceptors (Lipinski definition) is 6. The summed E-state index contributed by atoms with van der Waals surface area (Å²) in [5.74, 6) is 0.552. The molecule has 1 atom stereocenters. The zero-order valence-electron chi connectivity index (χ0n) is 11.6. The van der Waals surface area contributed by atoms with Crippen LogP contribution in [0.1, 0.15) is 28.1 Å². The third kappa shape index (κ3) is 3.03. The average molecular weight is 285 g/mol. The maximum absolute atomic E-state index is 12.4. The standard InChI is InChI=1S/C14H15N5O2/c1-10-15-6-4-11(17-10)13-9-19(7-8-21-13)14(20)12-3-2-5-16-18-12/h2-6,13H,7-9H2,1H3/t13-/m1/s1. The van der Waals surface area contributed by atoms with Gasteiger partial charge >= 0.3 is 0 Å². The Hall–Kier alpha value is -2.41. The molecular formula is C14H15N5O2. The predicted octanol–water partition coefficient (Wildman–Crippen LogP) is 0.789. The first-order valence-electron chi connectivity index (χ1n) is 6.72. The van der Waals surface area contributed by atoms with Crippen LogP contribution in [0.15, 0.2) is 30.6 Å². The van der Waals surface area contributed by atoms with Gasteiger partial charge in [-0.25, -0.2) is 9.97 Å². The fourth-order valence-electron chi connectivity index (χ4n) is 2.24. The molecule has 1 saturated heterocycles. The highest BCUT2D eigenvalue weighted by Gasteiger charge is 2.27. The second-order valence-electron chi connectivity index (χ2n) is 4.75. The molecule has 2 aromatic heterocycles. The van der Waals surface area contributed by atoms with Crippen molar-refractivity contribution in [1.29, 1.82) is 0 Å². The molecule has 0 aromatic carbocycles. The number of rotatable bonds is 2. The lowest BCUT2D eigenvalue weighted by atomic mass is 10.2. The van der Waals surface area contributed by atoms with Gasteiger partial charge in [-0.15, -0.1) is 5.10 Å². The number of amides is 1. The van der Waals surface area contributed by atoms with E-state index in [0.29, 0.717) is 31.2 Å². The van der Waals surface area contributed by atoms with Gasteiger partial charge in [0.25, 0.3) is 5.91 Å². The van der Waals surface area contributed by atoms with Gasteiger partial charge in [0, 0.05) is 18.9 Å². The fourth-order valence-corrected chi connectivity index (χ4v) is 2.24. The lowest BCUT2D eigenvalue weighted by molar-refractivity contribution is -0.0250. The van der Waals surface area contributed by atoms with Gasteiger partial charge in [-0.05, 0) is 25.1 Å². The molecule has 3 heterocycles. The molecule has 0 saturated carbocycles. The second-order valence-corrected chi connectivity index (χ2v) is 4.75. The number of aryl methyl sites for hydroxylation is 1. The molecule has 0 radical (unpaired) electrons. The van der Waals surface area contributed by atoms with Crippen molar-refractivity contribution in [3.05, 3.63) is 47.8 Å². The van der Waals surface area contributed by atoms with Crippen molar-refractivity contribution in [3.63, 3.8) is 0 Å². The van der Waals surface area contributed by atoms with E-state index in [-0.39, 0.29) is 12.0 Å². The highest BCUT2D eigenvalue weighted by Crippen LogP contribution is 2.21. The van der Waals surface area contributed by atoms with E-state index in [2.05, 4.69) is 20.2 Å². The first kappa shape index (κ1) is 13.6. The maximum Gasteiger partial charge on any atom is 0.274 e. The van der Waals surface area contributed by atoms with Gasteiger partial charge in [0.15, 0.2) is 5.69 Å². The van der Waals surface area contributed by atoms with Crippen LogP contribution >= 0.6 is 0 Å². The minimum Gasteiger partial charge on any atom is -0.368 e. The number of carbonyl (C=O) groups excluding carboxylic acids is 1. The summed E-state index contributed by atoms with van der Waals surface area (Å²) in [6.07, 6.45) is 3.01. The summed E-state index contributed by atoms with van der Waals surface area (Å²) >= 11 is 0. The molecule has 21 heavy (non-hydrogen) atoms. The summed E-state index contributed by atoms with van der Waals surface area (Å²) in [6.45, 7) is 3.29. The topological polar surface area (TPSA) is 81.1 Å². The molecule has 7 nitrogen and oxygen atoms in total. The van der Waals surface area contributed by atoms with Gasteiger partial charge in [0.05, 0.1) is 18.8 Å². The van der Waals surface area contributed by atoms with Gasteiger partial charge < -0.3 is 9.64 Å². The molecule has 0 unspecified atom stereocenters. The summed E-state index contributed by atoms with van der Waals surface area (Å²) in [5, 5.41) is 7.60. The van der Waals surface area contributed by atoms with E-state index >= 15 is 0 Å². The molecule has 2 aromatic rings. The van der Waals surface area contributed by atoms with Crippen molar-refractivity contribution in [2.45, 2.75) is 13.0 Å². The summed E-state index contributed by atoms with van der Waals surface area (Å²) in [5.41, 5.74) is 1.14. The number of nitrogens with zero attached hydrogens (tertiary/aromatic N) is 5. The third-order valence-corrected chi connectivity index (χ3v) is 3.27. The highest BCUT2D eigenvalue weighted by atomic mass is 16.5. The summed E-state index contributed by atoms with van der Waals surface area (Å²) in [4.78, 5) is 22.5. The van der Waals surface area contributed by atoms with Crippen LogP contribution in [0.3, 0.4) is 0 Å². The van der Waals surface area contributed by atoms with Crippen molar-refractivity contribution in [3.8, 4) is 0 Å². The Balaban J connectivity index is 1.75. The smallest absolute Gasteiger partial charge is 0.274 e. The van der Waals surface area contributed by atoms with Crippen molar-refractivity contribution >= 4 is 5.91 Å². The molecule has 0 aliphatic carbocycles. The van der Waals surface area contributed by atoms with E-state index in [1.807, 2.05) is 13.0 Å². The van der Waals surface area contributed by atoms with Gasteiger partial charge in [0.2, 0.25) is 0 Å². The molecule has 1 fully saturated rings. The summed E-state index contributed by atoms with van der Waals surface area (Å²) < 4.78 is 5.72. The third-order valence-electron chi connectivity index (χ3n) is 3.27. The van der Waals surface area contributed by atoms with Crippen LogP contribution in [0, 0.1) is 6.92 Å². The van der Waals surface area contributed by atoms with Crippen LogP contribution in [0.5, 0.6) is 0 Å². The molecule has 0 bridgehead atoms. The summed E-state index contributed by atoms with van der Waals surface area (Å²) in [6, 6.07) is 5.18. The first-order valence-corrected chi connectivity index (χ1v) is 6.72. The number of morpholine rings is 1. The quantitative estimate of drug-likeness (QED) is 0.811. The molecule has 7 heteroatoms. The molecule has 108 valence electrons. The Morgan fingerprint density at radius 1 is 1.38 bits per heavy atom. The van der Waals surface area contributed by atoms with E-state index < -0.39 is 0 Å². The number of aromatic nitrogens is 4. The second kappa shape index (κ2) is 5.92. The van der Waals surface area contributed by atoms with E-state index in [4.69, 9.17) is 4.74 Å². The monoisotopic (exact) mass is 285 g/mol. The normalized spacial score (nSPS) is 18.5. The van der Waals surface area contributed by atoms with Gasteiger partial charge in [-0.2, -0.15) is 5.10 Å². The van der Waals surface area contributed by atoms with Crippen LogP contribution in [-0.4, -0.2) is 50.7 Å². The summed E-state index contributed by atoms with van der Waals surface area (Å²) in [7, 11) is 0. The van der Waals surface area contributed by atoms with E-state index in [9.17, 15) is 4.79 Å². The zero-order valence-corrected chi connectivity index (χ0v) is 11.6. The molecular weight excluding hydrogens is 270 g/mol. The predicted molar refractivity (Wildman–Crippen MR) is 73.4 cm³/mol. The molecule has 0 N–H and O–H groups in total. The van der Waals surface area contributed by atoms with Gasteiger partial charge in [0.1, 0.15) is 11.9 Å². The van der Waals surface area contributed by atoms with Crippen molar-refractivity contribution in [2.75, 3.05) is 19.7 Å². The van der Waals surface area contributed by atoms with Crippen molar-refractivity contribution in [2.24, 2.45) is 0 Å². The van der Waals surface area contributed by atoms with Crippen LogP contribution in [0.2, 0.25) is 0 Å². The largest absolute Gasteiger partial charge is 0.368 e. The van der Waals surface area contributed by atoms with Crippen LogP contribution in [0.4, 0.5) is 0 Å². The Labute approximate surface area is 122 Å². The lowest BCUT2D eigenvalue weighted by Gasteiger charge is -2.32. The fraction of sp³-hybridized carbons (Fsp3) is 0.357. The van der Waals surface area contributed by atoms with E-state index in [1.54, 1.807) is 29.4 Å². The molecule has 3 rings (SSSR count). The zero-order chi connectivity index (χ0) is 14.7. The Kier molecular flexibility index (Phi) is 3.83. The van der Waals surface area contributed by atoms with Crippen molar-refractivity contribution in [1.82, 2.24) is 25.1 Å². The average Bonchev–Trinajstić information content (AvgIpc) is 2.55. The number of hydrogen-bond donors (Lipinski definition) is 0. The van der Waals surface area contributed by atoms with E-state index in [1.165, 1.54) is 0 Å². The first-order chi connectivity index (χ1) is 10.2. The van der Waals surface area contributed by atoms with Crippen LogP contribution in [-0.2, 0) is 4.74 Å². The molecule has 1 amide bonds. The number of ether oxygens (including phenoxy) is 1. The van der Waals surface area contributed by atoms with Crippen LogP contribution < -0.4 is 0 Å². The van der Waals surface area contributed by atoms with E-state index in [0.717, 1.165) is 5.69 Å². The molecule has 1 aliphatic rings.